The lowest BCUT2D eigenvalue weighted by molar-refractivity contribution is -0.303. The molecule has 3 N–H and O–H groups in total. The molecule has 1 aromatic carbocycles. The van der Waals surface area contributed by atoms with Gasteiger partial charge in [0.2, 0.25) is 6.41 Å². The number of anilines is 1. The van der Waals surface area contributed by atoms with E-state index in [2.05, 4.69) is 17.6 Å². The number of ether oxygens (including phenoxy) is 4. The minimum absolute atomic E-state index is 0.254. The quantitative estimate of drug-likeness (QED) is 0.108. The van der Waals surface area contributed by atoms with Gasteiger partial charge in [0.25, 0.3) is 5.91 Å². The van der Waals surface area contributed by atoms with Gasteiger partial charge >= 0.3 is 5.97 Å². The molecule has 0 aromatic heterocycles. The maximum absolute atomic E-state index is 11.8. The average molecular weight is 569 g/mol. The van der Waals surface area contributed by atoms with Crippen molar-refractivity contribution in [1.29, 1.82) is 0 Å². The lowest BCUT2D eigenvalue weighted by atomic mass is 9.99. The van der Waals surface area contributed by atoms with Crippen LogP contribution in [0.15, 0.2) is 24.3 Å². The summed E-state index contributed by atoms with van der Waals surface area (Å²) in [5, 5.41) is 16.2. The standard InChI is InChI=1S/C29H45ClN2O7/c1-4-5-6-7-8-9-10-11-12-13-18-36-29(31-20-33)27-26(37-28(2,3)39-27)25(38-29)23(19-24(34)35)32-22-16-14-21(30)15-17-22/h14-17,20,23,25-27,32H,4-13,18-19H2,1-3H3,(H,31,33)(H,34,35)/t23-,25-,26+,27+,29-/m1/s1. The molecule has 2 saturated heterocycles. The summed E-state index contributed by atoms with van der Waals surface area (Å²) in [4.78, 5) is 23.5. The Kier molecular flexibility index (Phi) is 12.3. The van der Waals surface area contributed by atoms with Crippen molar-refractivity contribution in [3.63, 3.8) is 0 Å². The van der Waals surface area contributed by atoms with Gasteiger partial charge < -0.3 is 34.7 Å². The van der Waals surface area contributed by atoms with Crippen molar-refractivity contribution in [2.75, 3.05) is 11.9 Å². The van der Waals surface area contributed by atoms with Crippen molar-refractivity contribution in [1.82, 2.24) is 5.32 Å². The van der Waals surface area contributed by atoms with Gasteiger partial charge in [-0.3, -0.25) is 9.59 Å². The van der Waals surface area contributed by atoms with Gasteiger partial charge in [-0.1, -0.05) is 76.3 Å². The van der Waals surface area contributed by atoms with Crippen molar-refractivity contribution in [3.05, 3.63) is 29.3 Å². The molecule has 0 radical (unpaired) electrons. The van der Waals surface area contributed by atoms with Crippen LogP contribution in [0.3, 0.4) is 0 Å². The van der Waals surface area contributed by atoms with E-state index in [1.807, 2.05) is 0 Å². The molecule has 2 aliphatic rings. The van der Waals surface area contributed by atoms with Gasteiger partial charge in [0.05, 0.1) is 19.1 Å². The van der Waals surface area contributed by atoms with Crippen molar-refractivity contribution in [2.24, 2.45) is 0 Å². The maximum atomic E-state index is 11.8. The number of aliphatic carboxylic acids is 1. The second-order valence-electron chi connectivity index (χ2n) is 10.9. The zero-order chi connectivity index (χ0) is 28.3. The molecule has 1 amide bonds. The van der Waals surface area contributed by atoms with Gasteiger partial charge in [-0.25, -0.2) is 0 Å². The average Bonchev–Trinajstić information content (AvgIpc) is 3.35. The lowest BCUT2D eigenvalue weighted by Gasteiger charge is -2.35. The number of carbonyl (C=O) groups excluding carboxylic acids is 1. The van der Waals surface area contributed by atoms with Gasteiger partial charge in [0.15, 0.2) is 11.9 Å². The number of benzene rings is 1. The molecule has 0 bridgehead atoms. The Hall–Kier alpha value is -1.91. The molecular weight excluding hydrogens is 524 g/mol. The molecule has 0 aliphatic carbocycles. The summed E-state index contributed by atoms with van der Waals surface area (Å²) < 4.78 is 24.9. The van der Waals surface area contributed by atoms with Crippen molar-refractivity contribution >= 4 is 29.7 Å². The number of unbranched alkanes of at least 4 members (excludes halogenated alkanes) is 9. The molecule has 39 heavy (non-hydrogen) atoms. The second kappa shape index (κ2) is 15.2. The third-order valence-corrected chi connectivity index (χ3v) is 7.45. The van der Waals surface area contributed by atoms with E-state index in [1.165, 1.54) is 44.9 Å². The number of carboxylic acid groups (broad SMARTS) is 1. The van der Waals surface area contributed by atoms with Gasteiger partial charge in [0, 0.05) is 10.7 Å². The highest BCUT2D eigenvalue weighted by Crippen LogP contribution is 2.45. The first-order valence-electron chi connectivity index (χ1n) is 14.3. The van der Waals surface area contributed by atoms with Crippen LogP contribution in [0, 0.1) is 0 Å². The summed E-state index contributed by atoms with van der Waals surface area (Å²) in [6.07, 6.45) is 9.91. The summed E-state index contributed by atoms with van der Waals surface area (Å²) >= 11 is 6.01. The Bertz CT molecular complexity index is 900. The monoisotopic (exact) mass is 568 g/mol. The highest BCUT2D eigenvalue weighted by Gasteiger charge is 2.65. The molecule has 220 valence electrons. The number of rotatable bonds is 19. The predicted octanol–water partition coefficient (Wildman–Crippen LogP) is 5.85. The number of carboxylic acids is 1. The Labute approximate surface area is 237 Å². The summed E-state index contributed by atoms with van der Waals surface area (Å²) in [5.74, 6) is -3.57. The van der Waals surface area contributed by atoms with Gasteiger partial charge in [-0.2, -0.15) is 0 Å². The molecule has 0 spiro atoms. The van der Waals surface area contributed by atoms with E-state index in [-0.39, 0.29) is 6.42 Å². The molecule has 10 heteroatoms. The van der Waals surface area contributed by atoms with E-state index in [0.717, 1.165) is 19.3 Å². The number of nitrogens with one attached hydrogen (secondary N) is 2. The van der Waals surface area contributed by atoms with Crippen LogP contribution in [0.4, 0.5) is 5.69 Å². The SMILES string of the molecule is CCCCCCCCCCCCO[C@@]1(NC=O)O[C@H]([C@@H](CC(=O)O)Nc2ccc(Cl)cc2)[C@@H]2OC(C)(C)O[C@@H]21. The second-order valence-corrected chi connectivity index (χ2v) is 11.4. The third kappa shape index (κ3) is 9.32. The van der Waals surface area contributed by atoms with Crippen LogP contribution in [0.1, 0.15) is 91.4 Å². The molecule has 5 atom stereocenters. The molecular formula is C29H45ClN2O7. The fourth-order valence-electron chi connectivity index (χ4n) is 5.34. The summed E-state index contributed by atoms with van der Waals surface area (Å²) in [6.45, 7) is 6.13. The minimum Gasteiger partial charge on any atom is -0.481 e. The van der Waals surface area contributed by atoms with Crippen LogP contribution in [-0.2, 0) is 28.5 Å². The number of carbonyl (C=O) groups is 2. The Balaban J connectivity index is 1.64. The van der Waals surface area contributed by atoms with E-state index in [9.17, 15) is 14.7 Å². The summed E-state index contributed by atoms with van der Waals surface area (Å²) in [5.41, 5.74) is 0.677. The maximum Gasteiger partial charge on any atom is 0.305 e. The van der Waals surface area contributed by atoms with Crippen molar-refractivity contribution in [3.8, 4) is 0 Å². The van der Waals surface area contributed by atoms with Crippen LogP contribution in [0.2, 0.25) is 5.02 Å². The minimum atomic E-state index is -1.59. The first-order chi connectivity index (χ1) is 18.7. The number of amides is 1. The van der Waals surface area contributed by atoms with E-state index in [4.69, 9.17) is 30.5 Å². The molecule has 2 heterocycles. The molecule has 0 saturated carbocycles. The topological polar surface area (TPSA) is 115 Å². The molecule has 1 aromatic rings. The van der Waals surface area contributed by atoms with Crippen molar-refractivity contribution in [2.45, 2.75) is 127 Å². The number of halogens is 1. The zero-order valence-corrected chi connectivity index (χ0v) is 24.2. The van der Waals surface area contributed by atoms with Gasteiger partial charge in [-0.15, -0.1) is 0 Å². The van der Waals surface area contributed by atoms with Crippen LogP contribution in [-0.4, -0.2) is 60.1 Å². The van der Waals surface area contributed by atoms with Crippen molar-refractivity contribution < 1.29 is 33.6 Å². The fraction of sp³-hybridized carbons (Fsp3) is 0.724. The van der Waals surface area contributed by atoms with Gasteiger partial charge in [-0.05, 0) is 44.5 Å². The highest BCUT2D eigenvalue weighted by atomic mass is 35.5. The van der Waals surface area contributed by atoms with Crippen LogP contribution >= 0.6 is 11.6 Å². The van der Waals surface area contributed by atoms with Gasteiger partial charge in [0.1, 0.15) is 12.2 Å². The predicted molar refractivity (Wildman–Crippen MR) is 150 cm³/mol. The molecule has 9 nitrogen and oxygen atoms in total. The largest absolute Gasteiger partial charge is 0.481 e. The first-order valence-corrected chi connectivity index (χ1v) is 14.7. The van der Waals surface area contributed by atoms with Crippen LogP contribution < -0.4 is 10.6 Å². The normalized spacial score (nSPS) is 26.2. The van der Waals surface area contributed by atoms with E-state index in [0.29, 0.717) is 23.7 Å². The highest BCUT2D eigenvalue weighted by molar-refractivity contribution is 6.30. The van der Waals surface area contributed by atoms with E-state index >= 15 is 0 Å². The zero-order valence-electron chi connectivity index (χ0n) is 23.5. The molecule has 2 aliphatic heterocycles. The first kappa shape index (κ1) is 31.6. The molecule has 3 rings (SSSR count). The Morgan fingerprint density at radius 1 is 1.03 bits per heavy atom. The summed E-state index contributed by atoms with van der Waals surface area (Å²) in [7, 11) is 0. The number of fused-ring (bicyclic) bond motifs is 1. The van der Waals surface area contributed by atoms with E-state index in [1.54, 1.807) is 38.1 Å². The smallest absolute Gasteiger partial charge is 0.305 e. The van der Waals surface area contributed by atoms with E-state index < -0.39 is 42.0 Å². The Morgan fingerprint density at radius 3 is 2.23 bits per heavy atom. The number of hydrogen-bond donors (Lipinski definition) is 3. The fourth-order valence-corrected chi connectivity index (χ4v) is 5.46. The molecule has 0 unspecified atom stereocenters. The van der Waals surface area contributed by atoms with Crippen LogP contribution in [0.5, 0.6) is 0 Å². The molecule has 2 fully saturated rings. The van der Waals surface area contributed by atoms with Crippen LogP contribution in [0.25, 0.3) is 0 Å². The lowest BCUT2D eigenvalue weighted by Crippen LogP contribution is -2.56. The Morgan fingerprint density at radius 2 is 1.64 bits per heavy atom. The number of hydrogen-bond acceptors (Lipinski definition) is 7. The third-order valence-electron chi connectivity index (χ3n) is 7.20. The summed E-state index contributed by atoms with van der Waals surface area (Å²) in [6, 6.07) is 6.25.